The number of rotatable bonds is 4. The minimum atomic E-state index is -0.105. The van der Waals surface area contributed by atoms with E-state index in [1.165, 1.54) is 0 Å². The summed E-state index contributed by atoms with van der Waals surface area (Å²) in [6.07, 6.45) is 7.54. The van der Waals surface area contributed by atoms with Gasteiger partial charge in [0.15, 0.2) is 5.82 Å². The third-order valence-corrected chi connectivity index (χ3v) is 6.02. The van der Waals surface area contributed by atoms with Crippen LogP contribution in [0.15, 0.2) is 22.1 Å². The van der Waals surface area contributed by atoms with Gasteiger partial charge in [0.25, 0.3) is 5.91 Å². The molecule has 0 atom stereocenters. The van der Waals surface area contributed by atoms with E-state index < -0.39 is 0 Å². The summed E-state index contributed by atoms with van der Waals surface area (Å²) < 4.78 is 1.16. The van der Waals surface area contributed by atoms with Crippen LogP contribution in [0.4, 0.5) is 0 Å². The highest BCUT2D eigenvalue weighted by Gasteiger charge is 2.24. The zero-order valence-corrected chi connectivity index (χ0v) is 13.5. The fraction of sp³-hybridized carbons (Fsp3) is 0.500. The number of nitrogens with zero attached hydrogens (tertiary/aromatic N) is 2. The van der Waals surface area contributed by atoms with Gasteiger partial charge in [-0.2, -0.15) is 0 Å². The molecule has 1 fully saturated rings. The molecule has 0 bridgehead atoms. The number of thiazole rings is 1. The van der Waals surface area contributed by atoms with Crippen molar-refractivity contribution in [3.63, 3.8) is 0 Å². The molecule has 0 spiro atoms. The van der Waals surface area contributed by atoms with Crippen molar-refractivity contribution in [3.05, 3.63) is 29.3 Å². The molecule has 1 amide bonds. The van der Waals surface area contributed by atoms with E-state index in [-0.39, 0.29) is 11.9 Å². The summed E-state index contributed by atoms with van der Waals surface area (Å²) >= 11 is 3.60. The van der Waals surface area contributed by atoms with E-state index in [0.29, 0.717) is 11.1 Å². The van der Waals surface area contributed by atoms with Crippen LogP contribution >= 0.6 is 23.1 Å². The Hall–Kier alpha value is -1.34. The van der Waals surface area contributed by atoms with Crippen LogP contribution in [0.1, 0.15) is 42.0 Å². The zero-order valence-electron chi connectivity index (χ0n) is 11.8. The number of hydrogen-bond acceptors (Lipinski definition) is 5. The largest absolute Gasteiger partial charge is 0.347 e. The molecular formula is C14H18N4OS2. The minimum Gasteiger partial charge on any atom is -0.347 e. The van der Waals surface area contributed by atoms with Crippen molar-refractivity contribution in [2.75, 3.05) is 0 Å². The first kappa shape index (κ1) is 14.6. The zero-order chi connectivity index (χ0) is 14.7. The summed E-state index contributed by atoms with van der Waals surface area (Å²) in [5, 5.41) is 5.77. The number of imidazole rings is 1. The van der Waals surface area contributed by atoms with Crippen molar-refractivity contribution >= 4 is 29.0 Å². The lowest BCUT2D eigenvalue weighted by Gasteiger charge is -2.27. The predicted octanol–water partition coefficient (Wildman–Crippen LogP) is 3.01. The lowest BCUT2D eigenvalue weighted by atomic mass is 9.95. The second-order valence-corrected chi connectivity index (χ2v) is 7.66. The molecule has 3 rings (SSSR count). The van der Waals surface area contributed by atoms with Gasteiger partial charge in [-0.1, -0.05) is 11.8 Å². The standard InChI is InChI=1S/C14H18N4OS2/c1-9-8-20-14(17-9)21-11-4-2-10(3-5-11)18-13(19)12-15-6-7-16-12/h6-8,10-11H,2-5H2,1H3,(H,15,16)(H,18,19). The minimum absolute atomic E-state index is 0.105. The Labute approximate surface area is 132 Å². The first-order valence-electron chi connectivity index (χ1n) is 7.10. The van der Waals surface area contributed by atoms with E-state index in [2.05, 4.69) is 25.6 Å². The predicted molar refractivity (Wildman–Crippen MR) is 84.8 cm³/mol. The molecule has 0 radical (unpaired) electrons. The molecule has 2 aromatic heterocycles. The number of aromatic nitrogens is 3. The molecule has 112 valence electrons. The maximum absolute atomic E-state index is 11.9. The van der Waals surface area contributed by atoms with Crippen molar-refractivity contribution in [1.29, 1.82) is 0 Å². The summed E-state index contributed by atoms with van der Waals surface area (Å²) in [7, 11) is 0. The van der Waals surface area contributed by atoms with Crippen LogP contribution in [0.3, 0.4) is 0 Å². The quantitative estimate of drug-likeness (QED) is 0.908. The van der Waals surface area contributed by atoms with Crippen molar-refractivity contribution < 1.29 is 4.79 Å². The number of aryl methyl sites for hydroxylation is 1. The Morgan fingerprint density at radius 3 is 2.86 bits per heavy atom. The van der Waals surface area contributed by atoms with E-state index in [4.69, 9.17) is 0 Å². The van der Waals surface area contributed by atoms with E-state index in [9.17, 15) is 4.79 Å². The fourth-order valence-corrected chi connectivity index (χ4v) is 4.78. The summed E-state index contributed by atoms with van der Waals surface area (Å²) in [6.45, 7) is 2.03. The molecular weight excluding hydrogens is 304 g/mol. The number of aromatic amines is 1. The molecule has 2 heterocycles. The Kier molecular flexibility index (Phi) is 4.60. The average molecular weight is 322 g/mol. The summed E-state index contributed by atoms with van der Waals surface area (Å²) in [6, 6.07) is 0.262. The molecule has 5 nitrogen and oxygen atoms in total. The molecule has 1 aliphatic carbocycles. The smallest absolute Gasteiger partial charge is 0.287 e. The molecule has 0 unspecified atom stereocenters. The van der Waals surface area contributed by atoms with Gasteiger partial charge in [-0.3, -0.25) is 4.79 Å². The monoisotopic (exact) mass is 322 g/mol. The number of carbonyl (C=O) groups is 1. The number of H-pyrrole nitrogens is 1. The number of amides is 1. The number of thioether (sulfide) groups is 1. The molecule has 21 heavy (non-hydrogen) atoms. The van der Waals surface area contributed by atoms with Gasteiger partial charge in [-0.25, -0.2) is 9.97 Å². The van der Waals surface area contributed by atoms with Gasteiger partial charge in [-0.05, 0) is 32.6 Å². The van der Waals surface area contributed by atoms with Crippen molar-refractivity contribution in [2.45, 2.75) is 48.2 Å². The van der Waals surface area contributed by atoms with E-state index >= 15 is 0 Å². The van der Waals surface area contributed by atoms with Crippen molar-refractivity contribution in [3.8, 4) is 0 Å². The maximum atomic E-state index is 11.9. The molecule has 2 N–H and O–H groups in total. The third-order valence-electron chi connectivity index (χ3n) is 3.59. The van der Waals surface area contributed by atoms with Gasteiger partial charge < -0.3 is 10.3 Å². The molecule has 7 heteroatoms. The Morgan fingerprint density at radius 2 is 2.24 bits per heavy atom. The van der Waals surface area contributed by atoms with Gasteiger partial charge >= 0.3 is 0 Å². The van der Waals surface area contributed by atoms with E-state index in [1.54, 1.807) is 23.7 Å². The molecule has 0 saturated heterocycles. The van der Waals surface area contributed by atoms with Crippen LogP contribution in [0.2, 0.25) is 0 Å². The Morgan fingerprint density at radius 1 is 1.43 bits per heavy atom. The highest BCUT2D eigenvalue weighted by Crippen LogP contribution is 2.35. The molecule has 0 aromatic carbocycles. The lowest BCUT2D eigenvalue weighted by Crippen LogP contribution is -2.38. The van der Waals surface area contributed by atoms with Crippen LogP contribution in [0.5, 0.6) is 0 Å². The maximum Gasteiger partial charge on any atom is 0.287 e. The molecule has 0 aliphatic heterocycles. The Balaban J connectivity index is 1.45. The first-order chi connectivity index (χ1) is 10.2. The van der Waals surface area contributed by atoms with Crippen LogP contribution in [-0.4, -0.2) is 32.2 Å². The fourth-order valence-electron chi connectivity index (χ4n) is 2.50. The molecule has 1 saturated carbocycles. The average Bonchev–Trinajstić information content (AvgIpc) is 3.13. The molecule has 1 aliphatic rings. The van der Waals surface area contributed by atoms with Gasteiger partial charge in [0.1, 0.15) is 4.34 Å². The van der Waals surface area contributed by atoms with Gasteiger partial charge in [0.05, 0.1) is 0 Å². The number of nitrogens with one attached hydrogen (secondary N) is 2. The third kappa shape index (κ3) is 3.85. The first-order valence-corrected chi connectivity index (χ1v) is 8.85. The van der Waals surface area contributed by atoms with Gasteiger partial charge in [-0.15, -0.1) is 11.3 Å². The molecule has 2 aromatic rings. The lowest BCUT2D eigenvalue weighted by molar-refractivity contribution is 0.0918. The Bertz CT molecular complexity index is 588. The van der Waals surface area contributed by atoms with Gasteiger partial charge in [0.2, 0.25) is 0 Å². The van der Waals surface area contributed by atoms with Crippen molar-refractivity contribution in [2.24, 2.45) is 0 Å². The highest BCUT2D eigenvalue weighted by molar-refractivity contribution is 8.01. The second kappa shape index (κ2) is 6.62. The van der Waals surface area contributed by atoms with E-state index in [0.717, 1.165) is 35.7 Å². The van der Waals surface area contributed by atoms with Gasteiger partial charge in [0, 0.05) is 34.8 Å². The summed E-state index contributed by atoms with van der Waals surface area (Å²) in [5.74, 6) is 0.288. The topological polar surface area (TPSA) is 70.7 Å². The number of hydrogen-bond donors (Lipinski definition) is 2. The highest BCUT2D eigenvalue weighted by atomic mass is 32.2. The summed E-state index contributed by atoms with van der Waals surface area (Å²) in [4.78, 5) is 23.2. The van der Waals surface area contributed by atoms with Crippen LogP contribution in [-0.2, 0) is 0 Å². The summed E-state index contributed by atoms with van der Waals surface area (Å²) in [5.41, 5.74) is 1.10. The van der Waals surface area contributed by atoms with Crippen molar-refractivity contribution in [1.82, 2.24) is 20.3 Å². The van der Waals surface area contributed by atoms with Crippen LogP contribution < -0.4 is 5.32 Å². The normalized spacial score (nSPS) is 22.1. The van der Waals surface area contributed by atoms with E-state index in [1.807, 2.05) is 18.7 Å². The van der Waals surface area contributed by atoms with Crippen LogP contribution in [0, 0.1) is 6.92 Å². The van der Waals surface area contributed by atoms with Crippen LogP contribution in [0.25, 0.3) is 0 Å². The number of carbonyl (C=O) groups excluding carboxylic acids is 1. The SMILES string of the molecule is Cc1csc(SC2CCC(NC(=O)c3ncc[nH]3)CC2)n1. The second-order valence-electron chi connectivity index (χ2n) is 5.26.